The van der Waals surface area contributed by atoms with Crippen molar-refractivity contribution in [3.8, 4) is 0 Å². The van der Waals surface area contributed by atoms with Gasteiger partial charge in [-0.1, -0.05) is 6.07 Å². The van der Waals surface area contributed by atoms with E-state index in [-0.39, 0.29) is 5.91 Å². The first kappa shape index (κ1) is 9.67. The Labute approximate surface area is 86.7 Å². The molecule has 2 aromatic rings. The summed E-state index contributed by atoms with van der Waals surface area (Å²) >= 11 is 0. The fraction of sp³-hybridized carbons (Fsp3) is 0.200. The molecule has 1 amide bonds. The smallest absolute Gasteiger partial charge is 0.241 e. The van der Waals surface area contributed by atoms with Gasteiger partial charge in [-0.3, -0.25) is 9.89 Å². The van der Waals surface area contributed by atoms with Crippen molar-refractivity contribution in [3.63, 3.8) is 0 Å². The number of hydrogen-bond acceptors (Lipinski definition) is 3. The number of nitrogens with zero attached hydrogens (tertiary/aromatic N) is 1. The minimum Gasteiger partial charge on any atom is -0.324 e. The Morgan fingerprint density at radius 3 is 3.13 bits per heavy atom. The van der Waals surface area contributed by atoms with Gasteiger partial charge in [0.15, 0.2) is 0 Å². The van der Waals surface area contributed by atoms with Crippen molar-refractivity contribution < 1.29 is 4.79 Å². The Morgan fingerprint density at radius 1 is 1.60 bits per heavy atom. The van der Waals surface area contributed by atoms with Gasteiger partial charge in [0.2, 0.25) is 5.91 Å². The molecule has 1 aromatic heterocycles. The molecule has 0 aliphatic carbocycles. The monoisotopic (exact) mass is 204 g/mol. The van der Waals surface area contributed by atoms with Gasteiger partial charge in [0.05, 0.1) is 23.4 Å². The quantitative estimate of drug-likeness (QED) is 0.678. The number of aromatic nitrogens is 2. The van der Waals surface area contributed by atoms with Crippen LogP contribution in [0.25, 0.3) is 10.9 Å². The van der Waals surface area contributed by atoms with Crippen molar-refractivity contribution in [2.45, 2.75) is 13.0 Å². The van der Waals surface area contributed by atoms with Gasteiger partial charge in [-0.25, -0.2) is 0 Å². The summed E-state index contributed by atoms with van der Waals surface area (Å²) in [5.41, 5.74) is 7.08. The fourth-order valence-electron chi connectivity index (χ4n) is 1.32. The number of aromatic amines is 1. The maximum absolute atomic E-state index is 11.4. The zero-order valence-corrected chi connectivity index (χ0v) is 8.32. The number of nitrogens with two attached hydrogens (primary N) is 1. The molecule has 15 heavy (non-hydrogen) atoms. The summed E-state index contributed by atoms with van der Waals surface area (Å²) in [5, 5.41) is 10.4. The van der Waals surface area contributed by atoms with Crippen LogP contribution < -0.4 is 11.1 Å². The predicted molar refractivity (Wildman–Crippen MR) is 58.4 cm³/mol. The number of anilines is 1. The third-order valence-electron chi connectivity index (χ3n) is 2.16. The molecule has 1 aromatic carbocycles. The first-order valence-electron chi connectivity index (χ1n) is 4.67. The number of rotatable bonds is 2. The van der Waals surface area contributed by atoms with Crippen LogP contribution in [-0.2, 0) is 4.79 Å². The van der Waals surface area contributed by atoms with Crippen molar-refractivity contribution in [2.24, 2.45) is 5.73 Å². The van der Waals surface area contributed by atoms with Crippen molar-refractivity contribution in [2.75, 3.05) is 5.32 Å². The van der Waals surface area contributed by atoms with Crippen molar-refractivity contribution in [3.05, 3.63) is 24.4 Å². The van der Waals surface area contributed by atoms with Gasteiger partial charge in [0.1, 0.15) is 0 Å². The van der Waals surface area contributed by atoms with Crippen LogP contribution in [0.3, 0.4) is 0 Å². The largest absolute Gasteiger partial charge is 0.324 e. The van der Waals surface area contributed by atoms with E-state index >= 15 is 0 Å². The molecule has 0 aliphatic heterocycles. The summed E-state index contributed by atoms with van der Waals surface area (Å²) in [5.74, 6) is -0.205. The highest BCUT2D eigenvalue weighted by atomic mass is 16.2. The molecule has 0 bridgehead atoms. The maximum Gasteiger partial charge on any atom is 0.241 e. The number of hydrogen-bond donors (Lipinski definition) is 3. The molecule has 5 nitrogen and oxygen atoms in total. The van der Waals surface area contributed by atoms with Crippen LogP contribution in [-0.4, -0.2) is 22.1 Å². The zero-order valence-electron chi connectivity index (χ0n) is 8.32. The number of benzene rings is 1. The average Bonchev–Trinajstić information content (AvgIpc) is 2.66. The van der Waals surface area contributed by atoms with Crippen molar-refractivity contribution in [1.82, 2.24) is 10.2 Å². The lowest BCUT2D eigenvalue weighted by Gasteiger charge is -2.08. The molecule has 0 fully saturated rings. The number of carbonyl (C=O) groups is 1. The van der Waals surface area contributed by atoms with Gasteiger partial charge in [-0.15, -0.1) is 0 Å². The van der Waals surface area contributed by atoms with Crippen molar-refractivity contribution in [1.29, 1.82) is 0 Å². The Kier molecular flexibility index (Phi) is 2.39. The molecule has 78 valence electrons. The molecule has 0 spiro atoms. The highest BCUT2D eigenvalue weighted by molar-refractivity contribution is 6.02. The molecule has 2 rings (SSSR count). The Bertz CT molecular complexity index is 489. The topological polar surface area (TPSA) is 83.8 Å². The minimum atomic E-state index is -0.521. The average molecular weight is 204 g/mol. The molecular weight excluding hydrogens is 192 g/mol. The molecular formula is C10H12N4O. The number of amides is 1. The van der Waals surface area contributed by atoms with E-state index in [2.05, 4.69) is 15.5 Å². The number of carbonyl (C=O) groups excluding carboxylic acids is 1. The van der Waals surface area contributed by atoms with Gasteiger partial charge >= 0.3 is 0 Å². The van der Waals surface area contributed by atoms with Crippen LogP contribution in [0.1, 0.15) is 6.92 Å². The first-order chi connectivity index (χ1) is 7.18. The summed E-state index contributed by atoms with van der Waals surface area (Å²) in [6.45, 7) is 1.64. The molecule has 0 radical (unpaired) electrons. The summed E-state index contributed by atoms with van der Waals surface area (Å²) < 4.78 is 0. The molecule has 1 heterocycles. The Balaban J connectivity index is 2.35. The number of fused-ring (bicyclic) bond motifs is 1. The second kappa shape index (κ2) is 3.70. The van der Waals surface area contributed by atoms with Crippen LogP contribution in [0.2, 0.25) is 0 Å². The highest BCUT2D eigenvalue weighted by Gasteiger charge is 2.09. The Morgan fingerprint density at radius 2 is 2.40 bits per heavy atom. The van der Waals surface area contributed by atoms with E-state index in [1.807, 2.05) is 18.2 Å². The SMILES string of the molecule is C[C@H](N)C(=O)Nc1cccc2[nH]ncc12. The van der Waals surface area contributed by atoms with E-state index in [1.165, 1.54) is 0 Å². The molecule has 0 aliphatic rings. The molecule has 5 heteroatoms. The number of H-pyrrole nitrogens is 1. The maximum atomic E-state index is 11.4. The van der Waals surface area contributed by atoms with Crippen molar-refractivity contribution >= 4 is 22.5 Å². The lowest BCUT2D eigenvalue weighted by Crippen LogP contribution is -2.32. The normalized spacial score (nSPS) is 12.7. The molecule has 1 atom stereocenters. The summed E-state index contributed by atoms with van der Waals surface area (Å²) in [7, 11) is 0. The van der Waals surface area contributed by atoms with Gasteiger partial charge in [0, 0.05) is 5.39 Å². The van der Waals surface area contributed by atoms with Gasteiger partial charge in [-0.05, 0) is 19.1 Å². The van der Waals surface area contributed by atoms with Crippen LogP contribution in [0.5, 0.6) is 0 Å². The predicted octanol–water partition coefficient (Wildman–Crippen LogP) is 0.849. The van der Waals surface area contributed by atoms with Crippen LogP contribution in [0.4, 0.5) is 5.69 Å². The summed E-state index contributed by atoms with van der Waals surface area (Å²) in [4.78, 5) is 11.4. The molecule has 0 saturated heterocycles. The van der Waals surface area contributed by atoms with E-state index in [4.69, 9.17) is 5.73 Å². The lowest BCUT2D eigenvalue weighted by molar-refractivity contribution is -0.117. The zero-order chi connectivity index (χ0) is 10.8. The fourth-order valence-corrected chi connectivity index (χ4v) is 1.32. The van der Waals surface area contributed by atoms with Crippen LogP contribution in [0, 0.1) is 0 Å². The van der Waals surface area contributed by atoms with Gasteiger partial charge < -0.3 is 11.1 Å². The second-order valence-electron chi connectivity index (χ2n) is 3.41. The highest BCUT2D eigenvalue weighted by Crippen LogP contribution is 2.20. The van der Waals surface area contributed by atoms with E-state index in [0.717, 1.165) is 16.6 Å². The van der Waals surface area contributed by atoms with Crippen LogP contribution in [0.15, 0.2) is 24.4 Å². The van der Waals surface area contributed by atoms with E-state index < -0.39 is 6.04 Å². The molecule has 4 N–H and O–H groups in total. The molecule has 0 unspecified atom stereocenters. The lowest BCUT2D eigenvalue weighted by atomic mass is 10.2. The van der Waals surface area contributed by atoms with E-state index in [0.29, 0.717) is 0 Å². The van der Waals surface area contributed by atoms with E-state index in [1.54, 1.807) is 13.1 Å². The second-order valence-corrected chi connectivity index (χ2v) is 3.41. The first-order valence-corrected chi connectivity index (χ1v) is 4.67. The Hall–Kier alpha value is -1.88. The molecule has 0 saturated carbocycles. The van der Waals surface area contributed by atoms with Gasteiger partial charge in [-0.2, -0.15) is 5.10 Å². The van der Waals surface area contributed by atoms with Crippen LogP contribution >= 0.6 is 0 Å². The summed E-state index contributed by atoms with van der Waals surface area (Å²) in [6, 6.07) is 5.03. The van der Waals surface area contributed by atoms with E-state index in [9.17, 15) is 4.79 Å². The summed E-state index contributed by atoms with van der Waals surface area (Å²) in [6.07, 6.45) is 1.67. The third-order valence-corrected chi connectivity index (χ3v) is 2.16. The number of nitrogens with one attached hydrogen (secondary N) is 2. The standard InChI is InChI=1S/C10H12N4O/c1-6(11)10(15)13-8-3-2-4-9-7(8)5-12-14-9/h2-6H,11H2,1H3,(H,12,14)(H,13,15)/t6-/m0/s1. The van der Waals surface area contributed by atoms with Gasteiger partial charge in [0.25, 0.3) is 0 Å². The minimum absolute atomic E-state index is 0.205. The third kappa shape index (κ3) is 1.82.